The highest BCUT2D eigenvalue weighted by Crippen LogP contribution is 2.25. The van der Waals surface area contributed by atoms with Gasteiger partial charge in [0.15, 0.2) is 10.4 Å². The predicted octanol–water partition coefficient (Wildman–Crippen LogP) is 2.45. The molecule has 0 radical (unpaired) electrons. The Morgan fingerprint density at radius 1 is 1.35 bits per heavy atom. The molecule has 1 atom stereocenters. The van der Waals surface area contributed by atoms with E-state index in [0.29, 0.717) is 16.6 Å². The van der Waals surface area contributed by atoms with Gasteiger partial charge in [0.05, 0.1) is 11.9 Å². The summed E-state index contributed by atoms with van der Waals surface area (Å²) < 4.78 is 30.6. The SMILES string of the molecule is CCSc1nnc(NC(=O)[C@@H](C)Oc2ccc(N(C)S(C)(=O)=O)cc2)s1. The van der Waals surface area contributed by atoms with Crippen molar-refractivity contribution < 1.29 is 17.9 Å². The van der Waals surface area contributed by atoms with Gasteiger partial charge in [0.2, 0.25) is 15.2 Å². The Hall–Kier alpha value is -1.85. The second-order valence-electron chi connectivity index (χ2n) is 5.28. The van der Waals surface area contributed by atoms with Crippen LogP contribution in [-0.4, -0.2) is 49.7 Å². The molecule has 1 N–H and O–H groups in total. The summed E-state index contributed by atoms with van der Waals surface area (Å²) in [5.41, 5.74) is 0.506. The van der Waals surface area contributed by atoms with Gasteiger partial charge in [0, 0.05) is 7.05 Å². The Morgan fingerprint density at radius 2 is 2.00 bits per heavy atom. The molecule has 1 aromatic heterocycles. The number of carbonyl (C=O) groups excluding carboxylic acids is 1. The molecule has 1 aromatic carbocycles. The molecule has 11 heteroatoms. The zero-order valence-corrected chi connectivity index (χ0v) is 17.2. The second-order valence-corrected chi connectivity index (χ2v) is 9.78. The fraction of sp³-hybridized carbons (Fsp3) is 0.400. The van der Waals surface area contributed by atoms with E-state index in [9.17, 15) is 13.2 Å². The van der Waals surface area contributed by atoms with Gasteiger partial charge in [-0.05, 0) is 36.9 Å². The molecule has 8 nitrogen and oxygen atoms in total. The Morgan fingerprint density at radius 3 is 2.58 bits per heavy atom. The van der Waals surface area contributed by atoms with Crippen LogP contribution in [-0.2, 0) is 14.8 Å². The number of rotatable bonds is 8. The minimum absolute atomic E-state index is 0.341. The Labute approximate surface area is 161 Å². The van der Waals surface area contributed by atoms with Crippen LogP contribution < -0.4 is 14.4 Å². The van der Waals surface area contributed by atoms with Gasteiger partial charge >= 0.3 is 0 Å². The maximum atomic E-state index is 12.2. The summed E-state index contributed by atoms with van der Waals surface area (Å²) in [6, 6.07) is 6.45. The fourth-order valence-electron chi connectivity index (χ4n) is 1.83. The van der Waals surface area contributed by atoms with Crippen molar-refractivity contribution >= 4 is 49.8 Å². The lowest BCUT2D eigenvalue weighted by Gasteiger charge is -2.18. The van der Waals surface area contributed by atoms with E-state index in [1.54, 1.807) is 43.0 Å². The van der Waals surface area contributed by atoms with Crippen molar-refractivity contribution in [2.24, 2.45) is 0 Å². The molecule has 0 unspecified atom stereocenters. The van der Waals surface area contributed by atoms with Crippen LogP contribution in [0.15, 0.2) is 28.6 Å². The molecule has 0 fully saturated rings. The topological polar surface area (TPSA) is 101 Å². The summed E-state index contributed by atoms with van der Waals surface area (Å²) in [6.07, 6.45) is 0.376. The molecule has 2 rings (SSSR count). The van der Waals surface area contributed by atoms with Crippen LogP contribution in [0.4, 0.5) is 10.8 Å². The third-order valence-corrected chi connectivity index (χ3v) is 6.34. The minimum Gasteiger partial charge on any atom is -0.481 e. The zero-order valence-electron chi connectivity index (χ0n) is 14.8. The smallest absolute Gasteiger partial charge is 0.266 e. The molecule has 1 heterocycles. The number of benzene rings is 1. The molecule has 0 saturated carbocycles. The maximum absolute atomic E-state index is 12.2. The van der Waals surface area contributed by atoms with Crippen LogP contribution in [0.25, 0.3) is 0 Å². The number of ether oxygens (including phenoxy) is 1. The van der Waals surface area contributed by atoms with Crippen molar-refractivity contribution in [3.63, 3.8) is 0 Å². The molecule has 0 aliphatic rings. The molecular weight excluding hydrogens is 396 g/mol. The van der Waals surface area contributed by atoms with E-state index in [0.717, 1.165) is 20.7 Å². The molecular formula is C15H20N4O4S3. The molecule has 2 aromatic rings. The Bertz CT molecular complexity index is 852. The van der Waals surface area contributed by atoms with E-state index < -0.39 is 16.1 Å². The van der Waals surface area contributed by atoms with E-state index in [-0.39, 0.29) is 5.91 Å². The molecule has 0 aliphatic heterocycles. The highest BCUT2D eigenvalue weighted by Gasteiger charge is 2.18. The van der Waals surface area contributed by atoms with Crippen molar-refractivity contribution in [3.05, 3.63) is 24.3 Å². The van der Waals surface area contributed by atoms with Gasteiger partial charge < -0.3 is 4.74 Å². The average molecular weight is 417 g/mol. The molecule has 0 spiro atoms. The fourth-order valence-corrected chi connectivity index (χ4v) is 3.99. The van der Waals surface area contributed by atoms with E-state index >= 15 is 0 Å². The Kier molecular flexibility index (Phi) is 6.84. The molecule has 142 valence electrons. The van der Waals surface area contributed by atoms with Gasteiger partial charge in [-0.1, -0.05) is 30.0 Å². The number of sulfonamides is 1. The number of nitrogens with zero attached hydrogens (tertiary/aromatic N) is 3. The summed E-state index contributed by atoms with van der Waals surface area (Å²) >= 11 is 2.86. The predicted molar refractivity (Wildman–Crippen MR) is 105 cm³/mol. The first-order valence-corrected chi connectivity index (χ1v) is 11.3. The van der Waals surface area contributed by atoms with Crippen LogP contribution in [0.5, 0.6) is 5.75 Å². The van der Waals surface area contributed by atoms with Crippen LogP contribution in [0.1, 0.15) is 13.8 Å². The number of nitrogens with one attached hydrogen (secondary N) is 1. The van der Waals surface area contributed by atoms with Crippen molar-refractivity contribution in [1.82, 2.24) is 10.2 Å². The van der Waals surface area contributed by atoms with Crippen LogP contribution in [0, 0.1) is 0 Å². The number of anilines is 2. The third-order valence-electron chi connectivity index (χ3n) is 3.28. The van der Waals surface area contributed by atoms with Crippen molar-refractivity contribution in [3.8, 4) is 5.75 Å². The quantitative estimate of drug-likeness (QED) is 0.521. The van der Waals surface area contributed by atoms with E-state index in [4.69, 9.17) is 4.74 Å². The van der Waals surface area contributed by atoms with Crippen molar-refractivity contribution in [2.75, 3.05) is 28.7 Å². The molecule has 0 aliphatic carbocycles. The minimum atomic E-state index is -3.33. The molecule has 0 bridgehead atoms. The number of hydrogen-bond donors (Lipinski definition) is 1. The van der Waals surface area contributed by atoms with Gasteiger partial charge in [-0.3, -0.25) is 14.4 Å². The molecule has 0 saturated heterocycles. The monoisotopic (exact) mass is 416 g/mol. The van der Waals surface area contributed by atoms with Crippen LogP contribution in [0.3, 0.4) is 0 Å². The highest BCUT2D eigenvalue weighted by atomic mass is 32.2. The first kappa shape index (κ1) is 20.5. The van der Waals surface area contributed by atoms with Gasteiger partial charge in [0.1, 0.15) is 5.75 Å². The first-order valence-electron chi connectivity index (χ1n) is 7.68. The largest absolute Gasteiger partial charge is 0.481 e. The summed E-state index contributed by atoms with van der Waals surface area (Å²) in [6.45, 7) is 3.63. The second kappa shape index (κ2) is 8.69. The first-order chi connectivity index (χ1) is 12.2. The lowest BCUT2D eigenvalue weighted by Crippen LogP contribution is -2.30. The van der Waals surface area contributed by atoms with Crippen molar-refractivity contribution in [1.29, 1.82) is 0 Å². The lowest BCUT2D eigenvalue weighted by atomic mass is 10.3. The van der Waals surface area contributed by atoms with Gasteiger partial charge in [0.25, 0.3) is 5.91 Å². The summed E-state index contributed by atoms with van der Waals surface area (Å²) in [4.78, 5) is 12.2. The summed E-state index contributed by atoms with van der Waals surface area (Å²) in [5, 5.41) is 11.0. The third kappa shape index (κ3) is 5.58. The van der Waals surface area contributed by atoms with Crippen LogP contribution in [0.2, 0.25) is 0 Å². The number of hydrogen-bond acceptors (Lipinski definition) is 8. The Balaban J connectivity index is 1.95. The standard InChI is InChI=1S/C15H20N4O4S3/c1-5-24-15-18-17-14(25-15)16-13(20)10(2)23-12-8-6-11(7-9-12)19(3)26(4,21)22/h6-10H,5H2,1-4H3,(H,16,17,20)/t10-/m1/s1. The molecule has 26 heavy (non-hydrogen) atoms. The zero-order chi connectivity index (χ0) is 19.3. The van der Waals surface area contributed by atoms with E-state index in [1.807, 2.05) is 6.92 Å². The van der Waals surface area contributed by atoms with Gasteiger partial charge in [-0.15, -0.1) is 10.2 Å². The number of amides is 1. The average Bonchev–Trinajstić information content (AvgIpc) is 3.01. The number of thioether (sulfide) groups is 1. The van der Waals surface area contributed by atoms with E-state index in [2.05, 4.69) is 15.5 Å². The van der Waals surface area contributed by atoms with Crippen molar-refractivity contribution in [2.45, 2.75) is 24.3 Å². The van der Waals surface area contributed by atoms with Gasteiger partial charge in [-0.25, -0.2) is 8.42 Å². The van der Waals surface area contributed by atoms with Gasteiger partial charge in [-0.2, -0.15) is 0 Å². The lowest BCUT2D eigenvalue weighted by molar-refractivity contribution is -0.122. The highest BCUT2D eigenvalue weighted by molar-refractivity contribution is 8.01. The van der Waals surface area contributed by atoms with Crippen LogP contribution >= 0.6 is 23.1 Å². The maximum Gasteiger partial charge on any atom is 0.266 e. The number of aromatic nitrogens is 2. The van der Waals surface area contributed by atoms with E-state index in [1.165, 1.54) is 18.4 Å². The summed E-state index contributed by atoms with van der Waals surface area (Å²) in [7, 11) is -1.86. The number of carbonyl (C=O) groups is 1. The summed E-state index contributed by atoms with van der Waals surface area (Å²) in [5.74, 6) is 0.997. The molecule has 1 amide bonds. The normalized spacial score (nSPS) is 12.5.